The first-order valence-electron chi connectivity index (χ1n) is 7.77. The average Bonchev–Trinajstić information content (AvgIpc) is 2.51. The SMILES string of the molecule is O=P(O)(O)OC1=C(OP(=O)(O)O)[C@@H](OP(=O)(O)O)[C@H](OP(=O)(O)O)[C@@H](OP(=O)(O)O)[C@@H]1OP(=O)(O)O. The summed E-state index contributed by atoms with van der Waals surface area (Å²) in [6, 6.07) is 0. The molecule has 1 aliphatic carbocycles. The van der Waals surface area contributed by atoms with E-state index in [0.29, 0.717) is 0 Å². The Kier molecular flexibility index (Phi) is 10.7. The van der Waals surface area contributed by atoms with E-state index in [1.54, 1.807) is 0 Å². The average molecular weight is 658 g/mol. The summed E-state index contributed by atoms with van der Waals surface area (Å²) in [6.45, 7) is 0. The molecule has 0 radical (unpaired) electrons. The Morgan fingerprint density at radius 1 is 0.389 bits per heavy atom. The Morgan fingerprint density at radius 2 is 0.611 bits per heavy atom. The second-order valence-corrected chi connectivity index (χ2v) is 13.1. The molecule has 24 nitrogen and oxygen atoms in total. The molecule has 0 saturated carbocycles. The van der Waals surface area contributed by atoms with Gasteiger partial charge >= 0.3 is 46.9 Å². The zero-order chi connectivity index (χ0) is 28.7. The first kappa shape index (κ1) is 34.1. The van der Waals surface area contributed by atoms with E-state index in [9.17, 15) is 27.4 Å². The smallest absolute Gasteiger partial charge is 0.402 e. The second kappa shape index (κ2) is 11.3. The fourth-order valence-electron chi connectivity index (χ4n) is 2.43. The van der Waals surface area contributed by atoms with Gasteiger partial charge in [-0.15, -0.1) is 0 Å². The van der Waals surface area contributed by atoms with Crippen LogP contribution in [0.1, 0.15) is 0 Å². The van der Waals surface area contributed by atoms with E-state index in [-0.39, 0.29) is 0 Å². The fourth-order valence-corrected chi connectivity index (χ4v) is 5.45. The van der Waals surface area contributed by atoms with E-state index < -0.39 is 82.9 Å². The molecule has 0 aliphatic heterocycles. The lowest BCUT2D eigenvalue weighted by atomic mass is 9.93. The highest BCUT2D eigenvalue weighted by molar-refractivity contribution is 7.47. The number of hydrogen-bond acceptors (Lipinski definition) is 12. The number of phosphoric acid groups is 6. The summed E-state index contributed by atoms with van der Waals surface area (Å²) in [5.74, 6) is -4.17. The summed E-state index contributed by atoms with van der Waals surface area (Å²) in [6.07, 6.45) is -12.9. The van der Waals surface area contributed by atoms with E-state index in [4.69, 9.17) is 58.7 Å². The molecular weight excluding hydrogens is 642 g/mol. The van der Waals surface area contributed by atoms with E-state index in [1.807, 2.05) is 0 Å². The highest BCUT2D eigenvalue weighted by atomic mass is 31.2. The van der Waals surface area contributed by atoms with Crippen LogP contribution in [0.15, 0.2) is 11.5 Å². The van der Waals surface area contributed by atoms with E-state index >= 15 is 0 Å². The Labute approximate surface area is 196 Å². The summed E-state index contributed by atoms with van der Waals surface area (Å²) in [7, 11) is -36.3. The van der Waals surface area contributed by atoms with Crippen molar-refractivity contribution in [3.8, 4) is 0 Å². The third kappa shape index (κ3) is 12.8. The van der Waals surface area contributed by atoms with Gasteiger partial charge in [0.15, 0.2) is 23.7 Å². The van der Waals surface area contributed by atoms with E-state index in [1.165, 1.54) is 0 Å². The monoisotopic (exact) mass is 658 g/mol. The molecule has 0 aromatic rings. The Hall–Kier alpha value is 0.0800. The fraction of sp³-hybridized carbons (Fsp3) is 0.667. The summed E-state index contributed by atoms with van der Waals surface area (Å²) in [5.41, 5.74) is 0. The van der Waals surface area contributed by atoms with Crippen LogP contribution < -0.4 is 0 Å². The van der Waals surface area contributed by atoms with Gasteiger partial charge in [-0.1, -0.05) is 0 Å². The molecule has 12 N–H and O–H groups in total. The predicted octanol–water partition coefficient (Wildman–Crippen LogP) is -2.66. The van der Waals surface area contributed by atoms with Crippen molar-refractivity contribution in [3.63, 3.8) is 0 Å². The maximum absolute atomic E-state index is 11.4. The van der Waals surface area contributed by atoms with E-state index in [0.717, 1.165) is 0 Å². The maximum Gasteiger partial charge on any atom is 0.524 e. The summed E-state index contributed by atoms with van der Waals surface area (Å²) in [4.78, 5) is 109. The van der Waals surface area contributed by atoms with Gasteiger partial charge in [0, 0.05) is 0 Å². The van der Waals surface area contributed by atoms with Crippen LogP contribution in [0.25, 0.3) is 0 Å². The lowest BCUT2D eigenvalue weighted by molar-refractivity contribution is -0.107. The largest absolute Gasteiger partial charge is 0.524 e. The molecule has 0 amide bonds. The van der Waals surface area contributed by atoms with Crippen molar-refractivity contribution in [3.05, 3.63) is 11.5 Å². The molecule has 1 aliphatic rings. The molecule has 214 valence electrons. The van der Waals surface area contributed by atoms with E-state index in [2.05, 4.69) is 27.1 Å². The Morgan fingerprint density at radius 3 is 0.778 bits per heavy atom. The van der Waals surface area contributed by atoms with Crippen LogP contribution in [0.5, 0.6) is 0 Å². The Bertz CT molecular complexity index is 1030. The molecule has 0 fully saturated rings. The molecule has 0 saturated heterocycles. The van der Waals surface area contributed by atoms with Gasteiger partial charge in [-0.3, -0.25) is 37.7 Å². The summed E-state index contributed by atoms with van der Waals surface area (Å²) >= 11 is 0. The number of phosphoric ester groups is 6. The van der Waals surface area contributed by atoms with Gasteiger partial charge in [0.1, 0.15) is 12.2 Å². The quantitative estimate of drug-likeness (QED) is 0.0952. The van der Waals surface area contributed by atoms with Crippen molar-refractivity contribution >= 4 is 46.9 Å². The molecule has 4 atom stereocenters. The minimum Gasteiger partial charge on any atom is -0.402 e. The minimum absolute atomic E-state index is 2.09. The minimum atomic E-state index is -6.07. The number of hydrogen-bond donors (Lipinski definition) is 12. The molecule has 0 aromatic carbocycles. The van der Waals surface area contributed by atoms with Gasteiger partial charge in [-0.2, -0.15) is 0 Å². The normalized spacial score (nSPS) is 25.1. The summed E-state index contributed by atoms with van der Waals surface area (Å²) < 4.78 is 92.6. The van der Waals surface area contributed by atoms with Gasteiger partial charge in [0.2, 0.25) is 0 Å². The van der Waals surface area contributed by atoms with Crippen molar-refractivity contribution in [1.82, 2.24) is 0 Å². The zero-order valence-corrected chi connectivity index (χ0v) is 21.6. The van der Waals surface area contributed by atoms with Gasteiger partial charge in [0.05, 0.1) is 0 Å². The molecule has 1 rings (SSSR count). The van der Waals surface area contributed by atoms with Gasteiger partial charge < -0.3 is 48.2 Å². The second-order valence-electron chi connectivity index (χ2n) is 6.05. The van der Waals surface area contributed by atoms with Crippen LogP contribution in [-0.2, 0) is 54.5 Å². The van der Waals surface area contributed by atoms with Crippen molar-refractivity contribution in [1.29, 1.82) is 0 Å². The topological polar surface area (TPSA) is 401 Å². The van der Waals surface area contributed by atoms with Crippen LogP contribution in [-0.4, -0.2) is 83.1 Å². The first-order valence-corrected chi connectivity index (χ1v) is 17.0. The van der Waals surface area contributed by atoms with Crippen LogP contribution in [0.3, 0.4) is 0 Å². The third-order valence-electron chi connectivity index (χ3n) is 3.13. The van der Waals surface area contributed by atoms with Gasteiger partial charge in [0.25, 0.3) is 0 Å². The van der Waals surface area contributed by atoms with Gasteiger partial charge in [-0.05, 0) is 0 Å². The standard InChI is InChI=1S/C6H16O24P6/c7-31(8,9)25-1-2(26-32(10,11)12)4(28-34(16,17)18)6(30-36(22,23)24)5(29-35(19,20)21)3(1)27-33(13,14)15/h1-4H,(H2,7,8,9)(H2,10,11,12)(H2,13,14,15)(H2,16,17,18)(H2,19,20,21)(H2,22,23,24)/t1-,2-,3+,4+/m1/s1. The molecule has 0 bridgehead atoms. The van der Waals surface area contributed by atoms with Crippen LogP contribution >= 0.6 is 46.9 Å². The number of rotatable bonds is 12. The van der Waals surface area contributed by atoms with Crippen molar-refractivity contribution in [2.24, 2.45) is 0 Å². The molecule has 0 spiro atoms. The van der Waals surface area contributed by atoms with Crippen molar-refractivity contribution in [2.75, 3.05) is 0 Å². The highest BCUT2D eigenvalue weighted by Gasteiger charge is 2.58. The molecule has 0 aromatic heterocycles. The van der Waals surface area contributed by atoms with Crippen LogP contribution in [0.4, 0.5) is 0 Å². The lowest BCUT2D eigenvalue weighted by Crippen LogP contribution is -2.54. The molecule has 0 unspecified atom stereocenters. The lowest BCUT2D eigenvalue weighted by Gasteiger charge is -2.42. The Balaban J connectivity index is 4.21. The summed E-state index contributed by atoms with van der Waals surface area (Å²) in [5, 5.41) is 0. The predicted molar refractivity (Wildman–Crippen MR) is 101 cm³/mol. The molecule has 0 heterocycles. The molecular formula is C6H16O24P6. The van der Waals surface area contributed by atoms with Crippen LogP contribution in [0.2, 0.25) is 0 Å². The molecule has 30 heteroatoms. The van der Waals surface area contributed by atoms with Crippen molar-refractivity contribution in [2.45, 2.75) is 24.4 Å². The van der Waals surface area contributed by atoms with Gasteiger partial charge in [-0.25, -0.2) is 27.4 Å². The van der Waals surface area contributed by atoms with Crippen LogP contribution in [0, 0.1) is 0 Å². The molecule has 36 heavy (non-hydrogen) atoms. The van der Waals surface area contributed by atoms with Crippen molar-refractivity contribution < 1.29 is 113 Å². The maximum atomic E-state index is 11.4. The zero-order valence-electron chi connectivity index (χ0n) is 16.3. The third-order valence-corrected chi connectivity index (χ3v) is 6.04. The first-order chi connectivity index (χ1) is 15.6. The highest BCUT2D eigenvalue weighted by Crippen LogP contribution is 2.58.